The van der Waals surface area contributed by atoms with Gasteiger partial charge in [0.25, 0.3) is 5.91 Å². The van der Waals surface area contributed by atoms with E-state index >= 15 is 0 Å². The van der Waals surface area contributed by atoms with Crippen LogP contribution < -0.4 is 32.3 Å². The topological polar surface area (TPSA) is 278 Å². The summed E-state index contributed by atoms with van der Waals surface area (Å²) in [6.07, 6.45) is -6.51. The molecule has 2 aromatic carbocycles. The van der Waals surface area contributed by atoms with Gasteiger partial charge in [-0.1, -0.05) is 52.3 Å². The second-order valence-corrected chi connectivity index (χ2v) is 14.4. The first-order valence-electron chi connectivity index (χ1n) is 19.1. The maximum atomic E-state index is 13.5. The van der Waals surface area contributed by atoms with E-state index in [1.54, 1.807) is 27.7 Å². The van der Waals surface area contributed by atoms with Crippen molar-refractivity contribution in [2.75, 3.05) is 25.0 Å². The van der Waals surface area contributed by atoms with Crippen LogP contribution in [0.1, 0.15) is 60.3 Å². The van der Waals surface area contributed by atoms with Gasteiger partial charge in [-0.3, -0.25) is 24.0 Å². The molecule has 12 N–H and O–H groups in total. The molecule has 0 bridgehead atoms. The third-order valence-electron chi connectivity index (χ3n) is 9.94. The first-order chi connectivity index (χ1) is 26.6. The molecule has 310 valence electrons. The lowest BCUT2D eigenvalue weighted by atomic mass is 9.95. The summed E-state index contributed by atoms with van der Waals surface area (Å²) < 4.78 is 2.19. The Bertz CT molecular complexity index is 1800. The van der Waals surface area contributed by atoms with Gasteiger partial charge in [-0.2, -0.15) is 0 Å². The fourth-order valence-electron chi connectivity index (χ4n) is 6.38. The maximum Gasteiger partial charge on any atom is 0.252 e. The Morgan fingerprint density at radius 1 is 0.768 bits per heavy atom. The molecule has 5 amide bonds. The summed E-state index contributed by atoms with van der Waals surface area (Å²) in [7, 11) is 0. The monoisotopic (exact) mass is 785 g/mol. The molecule has 56 heavy (non-hydrogen) atoms. The molecule has 8 atom stereocenters. The average Bonchev–Trinajstić information content (AvgIpc) is 3.51. The number of carbonyl (C=O) groups is 5. The van der Waals surface area contributed by atoms with Crippen molar-refractivity contribution in [1.29, 1.82) is 0 Å². The minimum absolute atomic E-state index is 0.292. The molecule has 1 aromatic heterocycles. The SMILES string of the molecule is CC[C@H](C)[C@H](NC(=O)C(O)C(O)C(O)C(O)CO)C(=O)N[C@H](C(=O)NCC(=O)N[C@@H](CCCCN)C(=O)Nc1ccc2c(c1)c1ccccc1n2CC)C(C)C. The predicted molar refractivity (Wildman–Crippen MR) is 211 cm³/mol. The fraction of sp³-hybridized carbons (Fsp3) is 0.564. The van der Waals surface area contributed by atoms with E-state index in [0.29, 0.717) is 37.9 Å². The van der Waals surface area contributed by atoms with Gasteiger partial charge in [0.1, 0.15) is 36.4 Å². The minimum Gasteiger partial charge on any atom is -0.394 e. The number of aryl methyl sites for hydroxylation is 1. The van der Waals surface area contributed by atoms with Crippen molar-refractivity contribution in [2.45, 2.75) is 109 Å². The van der Waals surface area contributed by atoms with E-state index in [1.807, 2.05) is 42.5 Å². The summed E-state index contributed by atoms with van der Waals surface area (Å²) in [6.45, 7) is 8.47. The first-order valence-corrected chi connectivity index (χ1v) is 19.1. The van der Waals surface area contributed by atoms with Gasteiger partial charge in [-0.05, 0) is 68.8 Å². The highest BCUT2D eigenvalue weighted by atomic mass is 16.4. The smallest absolute Gasteiger partial charge is 0.252 e. The van der Waals surface area contributed by atoms with E-state index in [2.05, 4.69) is 38.1 Å². The number of carbonyl (C=O) groups excluding carboxylic acids is 5. The number of unbranched alkanes of at least 4 members (excludes halogenated alkanes) is 1. The number of anilines is 1. The number of hydrogen-bond acceptors (Lipinski definition) is 11. The van der Waals surface area contributed by atoms with Gasteiger partial charge in [0.05, 0.1) is 13.2 Å². The van der Waals surface area contributed by atoms with Crippen molar-refractivity contribution in [3.05, 3.63) is 42.5 Å². The molecule has 1 heterocycles. The van der Waals surface area contributed by atoms with Crippen LogP contribution in [0, 0.1) is 11.8 Å². The molecule has 3 rings (SSSR count). The molecule has 0 aliphatic heterocycles. The molecule has 0 saturated heterocycles. The molecule has 17 heteroatoms. The Morgan fingerprint density at radius 2 is 1.43 bits per heavy atom. The molecule has 3 aromatic rings. The van der Waals surface area contributed by atoms with Crippen molar-refractivity contribution in [1.82, 2.24) is 25.8 Å². The molecular formula is C39H59N7O10. The largest absolute Gasteiger partial charge is 0.394 e. The van der Waals surface area contributed by atoms with Crippen LogP contribution in [-0.2, 0) is 30.5 Å². The Morgan fingerprint density at radius 3 is 2.05 bits per heavy atom. The van der Waals surface area contributed by atoms with Gasteiger partial charge in [-0.25, -0.2) is 0 Å². The number of aliphatic hydroxyl groups excluding tert-OH is 5. The van der Waals surface area contributed by atoms with E-state index in [0.717, 1.165) is 28.4 Å². The lowest BCUT2D eigenvalue weighted by Crippen LogP contribution is -2.60. The summed E-state index contributed by atoms with van der Waals surface area (Å²) in [5.41, 5.74) is 8.34. The highest BCUT2D eigenvalue weighted by molar-refractivity contribution is 6.10. The van der Waals surface area contributed by atoms with E-state index in [1.165, 1.54) is 0 Å². The number of nitrogens with zero attached hydrogens (tertiary/aromatic N) is 1. The van der Waals surface area contributed by atoms with E-state index in [-0.39, 0.29) is 0 Å². The maximum absolute atomic E-state index is 13.5. The van der Waals surface area contributed by atoms with Crippen LogP contribution in [0.2, 0.25) is 0 Å². The first kappa shape index (κ1) is 45.7. The van der Waals surface area contributed by atoms with Gasteiger partial charge < -0.3 is 62.4 Å². The summed E-state index contributed by atoms with van der Waals surface area (Å²) in [5, 5.41) is 64.0. The normalized spacial score (nSPS) is 15.9. The third-order valence-corrected chi connectivity index (χ3v) is 9.94. The molecule has 0 aliphatic rings. The Balaban J connectivity index is 1.67. The number of rotatable bonds is 22. The van der Waals surface area contributed by atoms with Gasteiger partial charge in [-0.15, -0.1) is 0 Å². The highest BCUT2D eigenvalue weighted by Crippen LogP contribution is 2.31. The number of hydrogen-bond donors (Lipinski definition) is 11. The lowest BCUT2D eigenvalue weighted by molar-refractivity contribution is -0.151. The van der Waals surface area contributed by atoms with Gasteiger partial charge in [0.2, 0.25) is 23.6 Å². The summed E-state index contributed by atoms with van der Waals surface area (Å²) in [6, 6.07) is 10.2. The number of para-hydroxylation sites is 1. The van der Waals surface area contributed by atoms with E-state index in [9.17, 15) is 44.4 Å². The van der Waals surface area contributed by atoms with Crippen LogP contribution in [0.15, 0.2) is 42.5 Å². The zero-order valence-electron chi connectivity index (χ0n) is 32.7. The molecule has 0 saturated carbocycles. The van der Waals surface area contributed by atoms with E-state index in [4.69, 9.17) is 10.8 Å². The molecule has 17 nitrogen and oxygen atoms in total. The summed E-state index contributed by atoms with van der Waals surface area (Å²) in [4.78, 5) is 66.3. The highest BCUT2D eigenvalue weighted by Gasteiger charge is 2.37. The van der Waals surface area contributed by atoms with E-state index < -0.39 is 97.1 Å². The van der Waals surface area contributed by atoms with Crippen molar-refractivity contribution in [2.24, 2.45) is 17.6 Å². The fourth-order valence-corrected chi connectivity index (χ4v) is 6.38. The van der Waals surface area contributed by atoms with Gasteiger partial charge in [0.15, 0.2) is 6.10 Å². The minimum atomic E-state index is -2.27. The second kappa shape index (κ2) is 21.6. The Kier molecular flexibility index (Phi) is 17.6. The number of nitrogens with two attached hydrogens (primary N) is 1. The lowest BCUT2D eigenvalue weighted by Gasteiger charge is -2.30. The molecule has 0 fully saturated rings. The molecule has 4 unspecified atom stereocenters. The predicted octanol–water partition coefficient (Wildman–Crippen LogP) is -0.409. The van der Waals surface area contributed by atoms with Crippen LogP contribution in [0.5, 0.6) is 0 Å². The number of benzene rings is 2. The van der Waals surface area contributed by atoms with Crippen LogP contribution in [0.4, 0.5) is 5.69 Å². The van der Waals surface area contributed by atoms with Crippen LogP contribution in [0.25, 0.3) is 21.8 Å². The Labute approximate surface area is 326 Å². The summed E-state index contributed by atoms with van der Waals surface area (Å²) >= 11 is 0. The number of fused-ring (bicyclic) bond motifs is 3. The number of amides is 5. The van der Waals surface area contributed by atoms with Crippen molar-refractivity contribution >= 4 is 57.0 Å². The average molecular weight is 786 g/mol. The van der Waals surface area contributed by atoms with Gasteiger partial charge >= 0.3 is 0 Å². The third kappa shape index (κ3) is 11.7. The standard InChI is InChI=1S/C39H59N7O10/c1-6-22(5)32(45-39(56)35(52)34(51)33(50)29(48)20-47)38(55)44-31(21(3)4)37(54)41-19-30(49)43-26(13-10-11-17-40)36(53)42-23-15-16-28-25(18-23)24-12-8-9-14-27(24)46(28)7-2/h8-9,12,14-16,18,21-22,26,29,31-35,47-48,50-52H,6-7,10-11,13,17,19-20,40H2,1-5H3,(H,41,54)(H,42,53)(H,43,49)(H,44,55)(H,45,56)/t22-,26-,29?,31-,32-,33?,34?,35?/m0/s1. The Hall–Kier alpha value is -4.65. The zero-order valence-corrected chi connectivity index (χ0v) is 32.7. The van der Waals surface area contributed by atoms with Crippen molar-refractivity contribution < 1.29 is 49.5 Å². The van der Waals surface area contributed by atoms with Crippen LogP contribution in [0.3, 0.4) is 0 Å². The number of aromatic nitrogens is 1. The van der Waals surface area contributed by atoms with Crippen molar-refractivity contribution in [3.8, 4) is 0 Å². The molecular weight excluding hydrogens is 726 g/mol. The van der Waals surface area contributed by atoms with Crippen LogP contribution in [-0.4, -0.2) is 122 Å². The molecule has 0 aliphatic carbocycles. The quantitative estimate of drug-likeness (QED) is 0.0583. The number of nitrogens with one attached hydrogen (secondary N) is 5. The van der Waals surface area contributed by atoms with Crippen molar-refractivity contribution in [3.63, 3.8) is 0 Å². The number of aliphatic hydroxyl groups is 5. The van der Waals surface area contributed by atoms with Crippen LogP contribution >= 0.6 is 0 Å². The second-order valence-electron chi connectivity index (χ2n) is 14.4. The molecule has 0 spiro atoms. The summed E-state index contributed by atoms with van der Waals surface area (Å²) in [5.74, 6) is -4.85. The van der Waals surface area contributed by atoms with Gasteiger partial charge in [0, 0.05) is 34.0 Å². The zero-order chi connectivity index (χ0) is 41.7. The molecule has 0 radical (unpaired) electrons.